The highest BCUT2D eigenvalue weighted by Gasteiger charge is 2.14. The maximum Gasteiger partial charge on any atom is 0.248 e. The molecule has 1 aliphatic heterocycles. The van der Waals surface area contributed by atoms with Gasteiger partial charge in [-0.1, -0.05) is 56.0 Å². The van der Waals surface area contributed by atoms with Crippen LogP contribution in [0.5, 0.6) is 0 Å². The lowest BCUT2D eigenvalue weighted by Gasteiger charge is -2.32. The molecule has 2 aromatic rings. The second-order valence-corrected chi connectivity index (χ2v) is 10.6. The van der Waals surface area contributed by atoms with Crippen molar-refractivity contribution in [3.05, 3.63) is 107 Å². The van der Waals surface area contributed by atoms with E-state index >= 15 is 0 Å². The minimum absolute atomic E-state index is 0.226. The number of allylic oxidation sites excluding steroid dienone is 6. The number of anilines is 1. The first-order valence-electron chi connectivity index (χ1n) is 13.6. The molecule has 1 amide bonds. The third kappa shape index (κ3) is 9.86. The molecule has 3 rings (SSSR count). The van der Waals surface area contributed by atoms with Gasteiger partial charge in [-0.25, -0.2) is 9.37 Å². The van der Waals surface area contributed by atoms with Gasteiger partial charge < -0.3 is 15.5 Å². The number of halogens is 1. The van der Waals surface area contributed by atoms with Gasteiger partial charge in [-0.2, -0.15) is 0 Å². The van der Waals surface area contributed by atoms with Crippen molar-refractivity contribution in [1.82, 2.24) is 20.1 Å². The number of nitrogens with one attached hydrogen (secondary N) is 2. The van der Waals surface area contributed by atoms with Crippen LogP contribution in [0, 0.1) is 5.82 Å². The normalized spacial score (nSPS) is 16.2. The van der Waals surface area contributed by atoms with Gasteiger partial charge in [0.15, 0.2) is 5.13 Å². The maximum atomic E-state index is 14.2. The van der Waals surface area contributed by atoms with E-state index in [1.54, 1.807) is 29.7 Å². The first-order chi connectivity index (χ1) is 19.3. The number of aromatic nitrogens is 1. The van der Waals surface area contributed by atoms with Gasteiger partial charge in [0.1, 0.15) is 5.82 Å². The first kappa shape index (κ1) is 30.9. The number of benzene rings is 1. The van der Waals surface area contributed by atoms with Crippen LogP contribution in [0.4, 0.5) is 9.52 Å². The molecule has 8 heteroatoms. The molecule has 2 N–H and O–H groups in total. The van der Waals surface area contributed by atoms with Crippen molar-refractivity contribution >= 4 is 22.4 Å². The largest absolute Gasteiger partial charge is 0.331 e. The standard InChI is InChI=1S/C32H40FN5OS/c1-6-8-12-25(22-38-19-17-37(5)18-20-38)13-11-16-31(39)34-26(7-2)21-29(24(3)4)35-32-36-30(23-40-32)27-14-9-10-15-28(27)33/h7-16,21,23H,3,6,17-20,22H2,1-2,4-5H3,(H,34,39)(H,35,36)/b12-8-,16-11+,25-13+,26-7?,29-21+. The molecule has 40 heavy (non-hydrogen) atoms. The number of carbonyl (C=O) groups is 1. The lowest BCUT2D eigenvalue weighted by molar-refractivity contribution is -0.115. The van der Waals surface area contributed by atoms with E-state index in [4.69, 9.17) is 0 Å². The second kappa shape index (κ2) is 15.9. The van der Waals surface area contributed by atoms with Gasteiger partial charge in [-0.15, -0.1) is 11.3 Å². The van der Waals surface area contributed by atoms with E-state index in [1.807, 2.05) is 32.1 Å². The second-order valence-electron chi connectivity index (χ2n) is 9.71. The first-order valence-corrected chi connectivity index (χ1v) is 14.4. The molecule has 1 aromatic carbocycles. The molecule has 0 bridgehead atoms. The lowest BCUT2D eigenvalue weighted by atomic mass is 10.1. The Morgan fingerprint density at radius 1 is 1.20 bits per heavy atom. The van der Waals surface area contributed by atoms with Crippen LogP contribution in [0.3, 0.4) is 0 Å². The molecule has 0 saturated carbocycles. The number of amides is 1. The third-order valence-corrected chi connectivity index (χ3v) is 7.12. The van der Waals surface area contributed by atoms with E-state index in [2.05, 4.69) is 58.1 Å². The molecule has 1 saturated heterocycles. The Morgan fingerprint density at radius 2 is 1.95 bits per heavy atom. The quantitative estimate of drug-likeness (QED) is 0.228. The molecular formula is C32H40FN5OS. The zero-order valence-electron chi connectivity index (χ0n) is 23.9. The Bertz CT molecular complexity index is 1310. The van der Waals surface area contributed by atoms with Crippen LogP contribution in [-0.4, -0.2) is 60.5 Å². The zero-order valence-corrected chi connectivity index (χ0v) is 24.7. The van der Waals surface area contributed by atoms with Crippen LogP contribution in [0.1, 0.15) is 27.2 Å². The minimum atomic E-state index is -0.315. The molecule has 0 aliphatic carbocycles. The van der Waals surface area contributed by atoms with Gasteiger partial charge >= 0.3 is 0 Å². The fraction of sp³-hybridized carbons (Fsp3) is 0.312. The molecule has 0 atom stereocenters. The van der Waals surface area contributed by atoms with Crippen molar-refractivity contribution < 1.29 is 9.18 Å². The van der Waals surface area contributed by atoms with Crippen LogP contribution in [0.2, 0.25) is 0 Å². The average molecular weight is 562 g/mol. The lowest BCUT2D eigenvalue weighted by Crippen LogP contribution is -2.44. The van der Waals surface area contributed by atoms with Crippen molar-refractivity contribution in [2.24, 2.45) is 0 Å². The van der Waals surface area contributed by atoms with Crippen LogP contribution in [0.25, 0.3) is 11.3 Å². The topological polar surface area (TPSA) is 60.5 Å². The van der Waals surface area contributed by atoms with Crippen molar-refractivity contribution in [2.75, 3.05) is 45.1 Å². The molecular weight excluding hydrogens is 521 g/mol. The van der Waals surface area contributed by atoms with Gasteiger partial charge in [-0.05, 0) is 56.7 Å². The van der Waals surface area contributed by atoms with Crippen molar-refractivity contribution in [3.63, 3.8) is 0 Å². The van der Waals surface area contributed by atoms with Crippen molar-refractivity contribution in [3.8, 4) is 11.3 Å². The number of thiazole rings is 1. The van der Waals surface area contributed by atoms with E-state index in [1.165, 1.54) is 29.1 Å². The van der Waals surface area contributed by atoms with Gasteiger partial charge in [0.05, 0.1) is 5.69 Å². The Kier molecular flexibility index (Phi) is 12.3. The van der Waals surface area contributed by atoms with Gasteiger partial charge in [0.25, 0.3) is 0 Å². The summed E-state index contributed by atoms with van der Waals surface area (Å²) in [6.07, 6.45) is 14.2. The molecule has 6 nitrogen and oxygen atoms in total. The van der Waals surface area contributed by atoms with E-state index < -0.39 is 0 Å². The molecule has 0 unspecified atom stereocenters. The van der Waals surface area contributed by atoms with E-state index in [0.717, 1.165) is 44.7 Å². The van der Waals surface area contributed by atoms with Crippen LogP contribution in [-0.2, 0) is 4.79 Å². The summed E-state index contributed by atoms with van der Waals surface area (Å²) in [6, 6.07) is 6.56. The summed E-state index contributed by atoms with van der Waals surface area (Å²) in [5.74, 6) is -0.541. The number of nitrogens with zero attached hydrogens (tertiary/aromatic N) is 3. The van der Waals surface area contributed by atoms with Crippen LogP contribution < -0.4 is 10.6 Å². The Morgan fingerprint density at radius 3 is 2.62 bits per heavy atom. The number of carbonyl (C=O) groups excluding carboxylic acids is 1. The van der Waals surface area contributed by atoms with Crippen molar-refractivity contribution in [2.45, 2.75) is 27.2 Å². The maximum absolute atomic E-state index is 14.2. The summed E-state index contributed by atoms with van der Waals surface area (Å²) in [5.41, 5.74) is 4.28. The van der Waals surface area contributed by atoms with E-state index in [9.17, 15) is 9.18 Å². The molecule has 0 spiro atoms. The van der Waals surface area contributed by atoms with Gasteiger partial charge in [0, 0.05) is 61.1 Å². The summed E-state index contributed by atoms with van der Waals surface area (Å²) in [6.45, 7) is 15.0. The average Bonchev–Trinajstić information content (AvgIpc) is 3.40. The summed E-state index contributed by atoms with van der Waals surface area (Å²) in [4.78, 5) is 22.0. The Balaban J connectivity index is 1.65. The van der Waals surface area contributed by atoms with Gasteiger partial charge in [-0.3, -0.25) is 9.69 Å². The molecule has 1 aromatic heterocycles. The summed E-state index contributed by atoms with van der Waals surface area (Å²) in [7, 11) is 2.15. The molecule has 2 heterocycles. The van der Waals surface area contributed by atoms with Crippen LogP contribution in [0.15, 0.2) is 101 Å². The number of hydrogen-bond donors (Lipinski definition) is 2. The van der Waals surface area contributed by atoms with E-state index in [-0.39, 0.29) is 11.7 Å². The highest BCUT2D eigenvalue weighted by Crippen LogP contribution is 2.28. The number of hydrogen-bond acceptors (Lipinski definition) is 6. The number of rotatable bonds is 12. The Hall–Kier alpha value is -3.59. The molecule has 1 fully saturated rings. The van der Waals surface area contributed by atoms with Gasteiger partial charge in [0.2, 0.25) is 5.91 Å². The fourth-order valence-electron chi connectivity index (χ4n) is 3.99. The summed E-state index contributed by atoms with van der Waals surface area (Å²) in [5, 5.41) is 8.60. The predicted molar refractivity (Wildman–Crippen MR) is 167 cm³/mol. The third-order valence-electron chi connectivity index (χ3n) is 6.36. The fourth-order valence-corrected chi connectivity index (χ4v) is 4.71. The summed E-state index contributed by atoms with van der Waals surface area (Å²) < 4.78 is 14.2. The minimum Gasteiger partial charge on any atom is -0.331 e. The van der Waals surface area contributed by atoms with Crippen LogP contribution >= 0.6 is 11.3 Å². The number of piperazine rings is 1. The highest BCUT2D eigenvalue weighted by molar-refractivity contribution is 7.14. The predicted octanol–water partition coefficient (Wildman–Crippen LogP) is 6.54. The monoisotopic (exact) mass is 561 g/mol. The zero-order chi connectivity index (χ0) is 28.9. The van der Waals surface area contributed by atoms with E-state index in [0.29, 0.717) is 27.8 Å². The highest BCUT2D eigenvalue weighted by atomic mass is 32.1. The molecule has 1 aliphatic rings. The summed E-state index contributed by atoms with van der Waals surface area (Å²) >= 11 is 1.37. The SMILES string of the molecule is C=C(C)/C(=C\C(=CC)NC(=O)/C=C/C=C(\C=C/CC)CN1CCN(C)CC1)Nc1nc(-c2ccccc2F)cs1. The Labute approximate surface area is 242 Å². The number of likely N-dealkylation sites (N-methyl/N-ethyl adjacent to an activating group) is 1. The smallest absolute Gasteiger partial charge is 0.248 e. The molecule has 212 valence electrons. The molecule has 0 radical (unpaired) electrons. The van der Waals surface area contributed by atoms with Crippen molar-refractivity contribution in [1.29, 1.82) is 0 Å².